The van der Waals surface area contributed by atoms with E-state index in [1.54, 1.807) is 25.2 Å². The third-order valence-electron chi connectivity index (χ3n) is 3.44. The van der Waals surface area contributed by atoms with Crippen molar-refractivity contribution in [1.29, 1.82) is 0 Å². The van der Waals surface area contributed by atoms with Gasteiger partial charge in [0, 0.05) is 31.1 Å². The number of aliphatic imine (C=N–C) groups is 1. The molecule has 7 heteroatoms. The maximum absolute atomic E-state index is 12.4. The Labute approximate surface area is 128 Å². The van der Waals surface area contributed by atoms with Gasteiger partial charge in [0.05, 0.1) is 13.2 Å². The van der Waals surface area contributed by atoms with Crippen molar-refractivity contribution in [2.75, 3.05) is 26.8 Å². The van der Waals surface area contributed by atoms with E-state index in [0.29, 0.717) is 18.1 Å². The number of halogens is 2. The summed E-state index contributed by atoms with van der Waals surface area (Å²) in [6, 6.07) is 6.69. The van der Waals surface area contributed by atoms with Crippen LogP contribution >= 0.6 is 0 Å². The zero-order valence-corrected chi connectivity index (χ0v) is 12.7. The zero-order chi connectivity index (χ0) is 16.0. The highest BCUT2D eigenvalue weighted by atomic mass is 19.3. The molecule has 1 heterocycles. The van der Waals surface area contributed by atoms with E-state index in [1.165, 1.54) is 6.07 Å². The van der Waals surface area contributed by atoms with Gasteiger partial charge in [0.1, 0.15) is 5.75 Å². The van der Waals surface area contributed by atoms with Crippen LogP contribution in [0.25, 0.3) is 0 Å². The number of para-hydroxylation sites is 1. The van der Waals surface area contributed by atoms with E-state index in [9.17, 15) is 8.78 Å². The first-order valence-corrected chi connectivity index (χ1v) is 7.07. The average Bonchev–Trinajstić information content (AvgIpc) is 2.46. The third-order valence-corrected chi connectivity index (χ3v) is 3.44. The predicted molar refractivity (Wildman–Crippen MR) is 80.2 cm³/mol. The number of nitrogens with one attached hydrogen (secondary N) is 2. The monoisotopic (exact) mass is 313 g/mol. The lowest BCUT2D eigenvalue weighted by Crippen LogP contribution is -2.50. The molecule has 1 aliphatic heterocycles. The maximum Gasteiger partial charge on any atom is 0.387 e. The molecule has 1 aliphatic rings. The van der Waals surface area contributed by atoms with Crippen molar-refractivity contribution in [3.05, 3.63) is 29.8 Å². The summed E-state index contributed by atoms with van der Waals surface area (Å²) in [4.78, 5) is 4.12. The molecule has 0 atom stereocenters. The van der Waals surface area contributed by atoms with E-state index in [4.69, 9.17) is 4.74 Å². The first-order valence-electron chi connectivity index (χ1n) is 7.07. The Morgan fingerprint density at radius 3 is 2.68 bits per heavy atom. The standard InChI is InChI=1S/C15H21F2N3O2/c1-15(9-21-10-15)8-20-14(18-2)19-7-11-5-3-4-6-12(11)22-13(16)17/h3-6,13H,7-10H2,1-2H3,(H2,18,19,20). The van der Waals surface area contributed by atoms with E-state index < -0.39 is 6.61 Å². The van der Waals surface area contributed by atoms with E-state index in [2.05, 4.69) is 27.3 Å². The summed E-state index contributed by atoms with van der Waals surface area (Å²) < 4.78 is 34.4. The molecule has 0 aliphatic carbocycles. The third kappa shape index (κ3) is 4.56. The first-order chi connectivity index (χ1) is 10.5. The van der Waals surface area contributed by atoms with Crippen LogP contribution in [0.15, 0.2) is 29.3 Å². The Morgan fingerprint density at radius 1 is 1.36 bits per heavy atom. The fraction of sp³-hybridized carbons (Fsp3) is 0.533. The molecule has 0 bridgehead atoms. The molecular weight excluding hydrogens is 292 g/mol. The molecule has 0 saturated carbocycles. The Kier molecular flexibility index (Phi) is 5.54. The van der Waals surface area contributed by atoms with Crippen LogP contribution in [-0.2, 0) is 11.3 Å². The van der Waals surface area contributed by atoms with Crippen LogP contribution in [0.5, 0.6) is 5.75 Å². The van der Waals surface area contributed by atoms with Gasteiger partial charge in [-0.05, 0) is 6.07 Å². The lowest BCUT2D eigenvalue weighted by molar-refractivity contribution is -0.0971. The second kappa shape index (κ2) is 7.40. The van der Waals surface area contributed by atoms with Gasteiger partial charge in [0.25, 0.3) is 0 Å². The fourth-order valence-corrected chi connectivity index (χ4v) is 2.11. The van der Waals surface area contributed by atoms with Crippen LogP contribution in [0.3, 0.4) is 0 Å². The smallest absolute Gasteiger partial charge is 0.387 e. The van der Waals surface area contributed by atoms with Gasteiger partial charge >= 0.3 is 6.61 Å². The normalized spacial score (nSPS) is 17.0. The molecule has 0 amide bonds. The highest BCUT2D eigenvalue weighted by Gasteiger charge is 2.33. The number of rotatable bonds is 6. The zero-order valence-electron chi connectivity index (χ0n) is 12.7. The summed E-state index contributed by atoms with van der Waals surface area (Å²) in [6.07, 6.45) is 0. The molecule has 122 valence electrons. The largest absolute Gasteiger partial charge is 0.434 e. The van der Waals surface area contributed by atoms with Crippen LogP contribution in [0.1, 0.15) is 12.5 Å². The number of hydrogen-bond acceptors (Lipinski definition) is 3. The summed E-state index contributed by atoms with van der Waals surface area (Å²) in [5, 5.41) is 6.31. The van der Waals surface area contributed by atoms with Gasteiger partial charge in [-0.25, -0.2) is 0 Å². The second-order valence-electron chi connectivity index (χ2n) is 5.57. The van der Waals surface area contributed by atoms with Gasteiger partial charge in [0.15, 0.2) is 5.96 Å². The molecule has 0 radical (unpaired) electrons. The molecule has 1 saturated heterocycles. The Hall–Kier alpha value is -1.89. The van der Waals surface area contributed by atoms with Crippen LogP contribution in [0.4, 0.5) is 8.78 Å². The Balaban J connectivity index is 1.87. The molecule has 2 rings (SSSR count). The van der Waals surface area contributed by atoms with E-state index in [0.717, 1.165) is 19.8 Å². The fourth-order valence-electron chi connectivity index (χ4n) is 2.11. The van der Waals surface area contributed by atoms with Crippen molar-refractivity contribution >= 4 is 5.96 Å². The molecule has 0 unspecified atom stereocenters. The number of guanidine groups is 1. The number of alkyl halides is 2. The molecule has 1 fully saturated rings. The van der Waals surface area contributed by atoms with Crippen molar-refractivity contribution < 1.29 is 18.3 Å². The number of ether oxygens (including phenoxy) is 2. The second-order valence-corrected chi connectivity index (χ2v) is 5.57. The molecule has 22 heavy (non-hydrogen) atoms. The van der Waals surface area contributed by atoms with Crippen LogP contribution in [-0.4, -0.2) is 39.4 Å². The minimum Gasteiger partial charge on any atom is -0.434 e. The lowest BCUT2D eigenvalue weighted by atomic mass is 9.89. The number of nitrogens with zero attached hydrogens (tertiary/aromatic N) is 1. The summed E-state index contributed by atoms with van der Waals surface area (Å²) in [5.41, 5.74) is 0.762. The van der Waals surface area contributed by atoms with Gasteiger partial charge < -0.3 is 20.1 Å². The van der Waals surface area contributed by atoms with Gasteiger partial charge in [-0.3, -0.25) is 4.99 Å². The van der Waals surface area contributed by atoms with Gasteiger partial charge in [-0.15, -0.1) is 0 Å². The van der Waals surface area contributed by atoms with Crippen molar-refractivity contribution in [2.24, 2.45) is 10.4 Å². The quantitative estimate of drug-likeness (QED) is 0.623. The Morgan fingerprint density at radius 2 is 2.09 bits per heavy atom. The van der Waals surface area contributed by atoms with Crippen molar-refractivity contribution in [2.45, 2.75) is 20.1 Å². The highest BCUT2D eigenvalue weighted by Crippen LogP contribution is 2.25. The van der Waals surface area contributed by atoms with Gasteiger partial charge in [-0.2, -0.15) is 8.78 Å². The molecule has 0 aromatic heterocycles. The minimum absolute atomic E-state index is 0.119. The Bertz CT molecular complexity index is 519. The molecule has 1 aromatic rings. The molecular formula is C15H21F2N3O2. The number of hydrogen-bond donors (Lipinski definition) is 2. The van der Waals surface area contributed by atoms with E-state index in [-0.39, 0.29) is 11.2 Å². The van der Waals surface area contributed by atoms with Gasteiger partial charge in [-0.1, -0.05) is 25.1 Å². The predicted octanol–water partition coefficient (Wildman–Crippen LogP) is 1.99. The van der Waals surface area contributed by atoms with E-state index >= 15 is 0 Å². The number of benzene rings is 1. The molecule has 2 N–H and O–H groups in total. The maximum atomic E-state index is 12.4. The van der Waals surface area contributed by atoms with Crippen molar-refractivity contribution in [3.8, 4) is 5.75 Å². The van der Waals surface area contributed by atoms with E-state index in [1.807, 2.05) is 0 Å². The summed E-state index contributed by atoms with van der Waals surface area (Å²) in [6.45, 7) is 1.82. The molecule has 5 nitrogen and oxygen atoms in total. The van der Waals surface area contributed by atoms with Gasteiger partial charge in [0.2, 0.25) is 0 Å². The van der Waals surface area contributed by atoms with Crippen LogP contribution in [0.2, 0.25) is 0 Å². The summed E-state index contributed by atoms with van der Waals surface area (Å²) in [7, 11) is 1.66. The van der Waals surface area contributed by atoms with Crippen LogP contribution < -0.4 is 15.4 Å². The summed E-state index contributed by atoms with van der Waals surface area (Å²) in [5.74, 6) is 0.778. The van der Waals surface area contributed by atoms with Crippen molar-refractivity contribution in [3.63, 3.8) is 0 Å². The molecule has 1 aromatic carbocycles. The van der Waals surface area contributed by atoms with Crippen molar-refractivity contribution in [1.82, 2.24) is 10.6 Å². The average molecular weight is 313 g/mol. The topological polar surface area (TPSA) is 54.9 Å². The first kappa shape index (κ1) is 16.5. The molecule has 0 spiro atoms. The lowest BCUT2D eigenvalue weighted by Gasteiger charge is -2.38. The SMILES string of the molecule is CN=C(NCc1ccccc1OC(F)F)NCC1(C)COC1. The summed E-state index contributed by atoms with van der Waals surface area (Å²) >= 11 is 0. The van der Waals surface area contributed by atoms with Crippen LogP contribution in [0, 0.1) is 5.41 Å². The minimum atomic E-state index is -2.84. The highest BCUT2D eigenvalue weighted by molar-refractivity contribution is 5.79.